The Kier molecular flexibility index (Phi) is 6.18. The highest BCUT2D eigenvalue weighted by Gasteiger charge is 2.24. The third kappa shape index (κ3) is 4.91. The molecule has 0 radical (unpaired) electrons. The summed E-state index contributed by atoms with van der Waals surface area (Å²) in [7, 11) is 0. The summed E-state index contributed by atoms with van der Waals surface area (Å²) in [6.45, 7) is 4.29. The Morgan fingerprint density at radius 3 is 2.13 bits per heavy atom. The van der Waals surface area contributed by atoms with Gasteiger partial charge in [0.1, 0.15) is 5.01 Å². The smallest absolute Gasteiger partial charge is 0.228 e. The second-order valence-corrected chi connectivity index (χ2v) is 8.30. The summed E-state index contributed by atoms with van der Waals surface area (Å²) >= 11 is 1.56. The van der Waals surface area contributed by atoms with Crippen LogP contribution in [0.4, 0.5) is 0 Å². The quantitative estimate of drug-likeness (QED) is 0.637. The maximum atomic E-state index is 12.7. The van der Waals surface area contributed by atoms with E-state index < -0.39 is 0 Å². The Morgan fingerprint density at radius 1 is 0.900 bits per heavy atom. The zero-order valence-electron chi connectivity index (χ0n) is 17.0. The molecule has 1 fully saturated rings. The van der Waals surface area contributed by atoms with Crippen LogP contribution in [0.25, 0.3) is 10.6 Å². The van der Waals surface area contributed by atoms with Crippen LogP contribution < -0.4 is 0 Å². The molecule has 3 aromatic rings. The highest BCUT2D eigenvalue weighted by Crippen LogP contribution is 2.24. The third-order valence-corrected chi connectivity index (χ3v) is 6.17. The van der Waals surface area contributed by atoms with Crippen molar-refractivity contribution in [2.75, 3.05) is 26.2 Å². The lowest BCUT2D eigenvalue weighted by molar-refractivity contribution is -0.138. The monoisotopic (exact) mass is 420 g/mol. The van der Waals surface area contributed by atoms with E-state index in [4.69, 9.17) is 0 Å². The van der Waals surface area contributed by atoms with Crippen LogP contribution in [-0.2, 0) is 22.4 Å². The van der Waals surface area contributed by atoms with Gasteiger partial charge in [0.2, 0.25) is 11.8 Å². The normalized spacial score (nSPS) is 14.0. The van der Waals surface area contributed by atoms with Gasteiger partial charge in [0.05, 0.1) is 18.5 Å². The lowest BCUT2D eigenvalue weighted by Crippen LogP contribution is -2.51. The molecule has 7 heteroatoms. The van der Waals surface area contributed by atoms with Crippen LogP contribution in [0.5, 0.6) is 0 Å². The molecule has 0 saturated carbocycles. The lowest BCUT2D eigenvalue weighted by Gasteiger charge is -2.34. The largest absolute Gasteiger partial charge is 0.339 e. The SMILES string of the molecule is Cc1ccc(-c2nc(CC(=O)N3CCN(C(=O)Cc4ccccn4)CC3)cs2)cc1. The molecule has 0 aliphatic carbocycles. The molecule has 3 heterocycles. The molecule has 0 bridgehead atoms. The van der Waals surface area contributed by atoms with Gasteiger partial charge < -0.3 is 9.80 Å². The number of rotatable bonds is 5. The van der Waals surface area contributed by atoms with E-state index in [-0.39, 0.29) is 11.8 Å². The van der Waals surface area contributed by atoms with Gasteiger partial charge in [0, 0.05) is 49.0 Å². The Bertz CT molecular complexity index is 1010. The Balaban J connectivity index is 1.28. The molecule has 2 aromatic heterocycles. The summed E-state index contributed by atoms with van der Waals surface area (Å²) in [5, 5.41) is 2.89. The predicted molar refractivity (Wildman–Crippen MR) is 117 cm³/mol. The van der Waals surface area contributed by atoms with Crippen molar-refractivity contribution >= 4 is 23.2 Å². The number of carbonyl (C=O) groups excluding carboxylic acids is 2. The van der Waals surface area contributed by atoms with E-state index in [1.54, 1.807) is 17.5 Å². The average molecular weight is 421 g/mol. The number of amides is 2. The van der Waals surface area contributed by atoms with Gasteiger partial charge in [0.15, 0.2) is 0 Å². The molecule has 30 heavy (non-hydrogen) atoms. The van der Waals surface area contributed by atoms with Crippen LogP contribution >= 0.6 is 11.3 Å². The maximum Gasteiger partial charge on any atom is 0.228 e. The minimum absolute atomic E-state index is 0.0584. The van der Waals surface area contributed by atoms with Crippen molar-refractivity contribution in [1.82, 2.24) is 19.8 Å². The van der Waals surface area contributed by atoms with Gasteiger partial charge in [0.25, 0.3) is 0 Å². The molecule has 0 N–H and O–H groups in total. The van der Waals surface area contributed by atoms with Gasteiger partial charge in [-0.2, -0.15) is 0 Å². The number of nitrogens with zero attached hydrogens (tertiary/aromatic N) is 4. The molecule has 1 aliphatic heterocycles. The fourth-order valence-electron chi connectivity index (χ4n) is 3.46. The van der Waals surface area contributed by atoms with Crippen molar-refractivity contribution in [3.63, 3.8) is 0 Å². The van der Waals surface area contributed by atoms with E-state index in [0.717, 1.165) is 22.0 Å². The van der Waals surface area contributed by atoms with E-state index in [2.05, 4.69) is 41.2 Å². The molecule has 2 amide bonds. The van der Waals surface area contributed by atoms with Crippen molar-refractivity contribution in [3.05, 3.63) is 71.0 Å². The first-order chi connectivity index (χ1) is 14.6. The van der Waals surface area contributed by atoms with Gasteiger partial charge in [-0.1, -0.05) is 35.9 Å². The molecule has 6 nitrogen and oxygen atoms in total. The van der Waals surface area contributed by atoms with Gasteiger partial charge in [-0.15, -0.1) is 11.3 Å². The number of thiazole rings is 1. The fourth-order valence-corrected chi connectivity index (χ4v) is 4.28. The number of pyridine rings is 1. The van der Waals surface area contributed by atoms with Gasteiger partial charge >= 0.3 is 0 Å². The molecule has 1 saturated heterocycles. The number of piperazine rings is 1. The second kappa shape index (κ2) is 9.17. The molecular weight excluding hydrogens is 396 g/mol. The number of hydrogen-bond donors (Lipinski definition) is 0. The highest BCUT2D eigenvalue weighted by atomic mass is 32.1. The molecule has 0 atom stereocenters. The van der Waals surface area contributed by atoms with Crippen molar-refractivity contribution in [3.8, 4) is 10.6 Å². The minimum atomic E-state index is 0.0584. The van der Waals surface area contributed by atoms with E-state index in [9.17, 15) is 9.59 Å². The zero-order chi connectivity index (χ0) is 20.9. The van der Waals surface area contributed by atoms with E-state index >= 15 is 0 Å². The van der Waals surface area contributed by atoms with Crippen LogP contribution in [0.15, 0.2) is 54.0 Å². The van der Waals surface area contributed by atoms with Crippen molar-refractivity contribution in [2.24, 2.45) is 0 Å². The summed E-state index contributed by atoms with van der Waals surface area (Å²) < 4.78 is 0. The zero-order valence-corrected chi connectivity index (χ0v) is 17.8. The van der Waals surface area contributed by atoms with Crippen LogP contribution in [0.3, 0.4) is 0 Å². The average Bonchev–Trinajstić information content (AvgIpc) is 3.23. The van der Waals surface area contributed by atoms with E-state index in [1.807, 2.05) is 33.4 Å². The van der Waals surface area contributed by atoms with Gasteiger partial charge in [-0.25, -0.2) is 4.98 Å². The predicted octanol–water partition coefficient (Wildman–Crippen LogP) is 2.97. The van der Waals surface area contributed by atoms with Crippen LogP contribution in [0, 0.1) is 6.92 Å². The minimum Gasteiger partial charge on any atom is -0.339 e. The highest BCUT2D eigenvalue weighted by molar-refractivity contribution is 7.13. The first kappa shape index (κ1) is 20.2. The number of benzene rings is 1. The Morgan fingerprint density at radius 2 is 1.53 bits per heavy atom. The first-order valence-electron chi connectivity index (χ1n) is 10.1. The molecule has 4 rings (SSSR count). The van der Waals surface area contributed by atoms with E-state index in [1.165, 1.54) is 5.56 Å². The lowest BCUT2D eigenvalue weighted by atomic mass is 10.2. The Hall–Kier alpha value is -3.06. The molecule has 0 spiro atoms. The molecule has 154 valence electrons. The summed E-state index contributed by atoms with van der Waals surface area (Å²) in [5.74, 6) is 0.121. The van der Waals surface area contributed by atoms with Crippen molar-refractivity contribution in [2.45, 2.75) is 19.8 Å². The maximum absolute atomic E-state index is 12.7. The standard InChI is InChI=1S/C23H24N4O2S/c1-17-5-7-18(8-6-17)23-25-20(16-30-23)15-22(29)27-12-10-26(11-13-27)21(28)14-19-4-2-3-9-24-19/h2-9,16H,10-15H2,1H3. The van der Waals surface area contributed by atoms with Crippen molar-refractivity contribution < 1.29 is 9.59 Å². The molecule has 0 unspecified atom stereocenters. The number of aryl methyl sites for hydroxylation is 1. The summed E-state index contributed by atoms with van der Waals surface area (Å²) in [6, 6.07) is 13.8. The summed E-state index contributed by atoms with van der Waals surface area (Å²) in [4.78, 5) is 37.7. The molecule has 1 aromatic carbocycles. The number of aromatic nitrogens is 2. The first-order valence-corrected chi connectivity index (χ1v) is 10.9. The number of hydrogen-bond acceptors (Lipinski definition) is 5. The van der Waals surface area contributed by atoms with Crippen LogP contribution in [0.2, 0.25) is 0 Å². The van der Waals surface area contributed by atoms with Crippen molar-refractivity contribution in [1.29, 1.82) is 0 Å². The third-order valence-electron chi connectivity index (χ3n) is 5.23. The van der Waals surface area contributed by atoms with Crippen LogP contribution in [0.1, 0.15) is 17.0 Å². The summed E-state index contributed by atoms with van der Waals surface area (Å²) in [5.41, 5.74) is 3.86. The Labute approximate surface area is 180 Å². The second-order valence-electron chi connectivity index (χ2n) is 7.45. The molecular formula is C23H24N4O2S. The fraction of sp³-hybridized carbons (Fsp3) is 0.304. The van der Waals surface area contributed by atoms with Gasteiger partial charge in [-0.3, -0.25) is 14.6 Å². The summed E-state index contributed by atoms with van der Waals surface area (Å²) in [6.07, 6.45) is 2.29. The van der Waals surface area contributed by atoms with Crippen LogP contribution in [-0.4, -0.2) is 57.8 Å². The topological polar surface area (TPSA) is 66.4 Å². The molecule has 1 aliphatic rings. The number of carbonyl (C=O) groups is 2. The van der Waals surface area contributed by atoms with Gasteiger partial charge in [-0.05, 0) is 19.1 Å². The van der Waals surface area contributed by atoms with E-state index in [0.29, 0.717) is 39.0 Å².